The highest BCUT2D eigenvalue weighted by atomic mass is 35.5. The third-order valence-electron chi connectivity index (χ3n) is 2.50. The number of phenolic OH excluding ortho intramolecular Hbond substituents is 1. The van der Waals surface area contributed by atoms with Crippen LogP contribution in [0.3, 0.4) is 0 Å². The number of hydrogen-bond donors (Lipinski definition) is 1. The van der Waals surface area contributed by atoms with Crippen LogP contribution in [0.1, 0.15) is 17.0 Å². The Morgan fingerprint density at radius 1 is 1.28 bits per heavy atom. The lowest BCUT2D eigenvalue weighted by atomic mass is 10.2. The van der Waals surface area contributed by atoms with E-state index in [1.165, 1.54) is 0 Å². The van der Waals surface area contributed by atoms with E-state index in [1.54, 1.807) is 18.2 Å². The Morgan fingerprint density at radius 3 is 2.83 bits per heavy atom. The third-order valence-corrected chi connectivity index (χ3v) is 2.76. The van der Waals surface area contributed by atoms with Gasteiger partial charge in [-0.05, 0) is 36.8 Å². The van der Waals surface area contributed by atoms with Gasteiger partial charge in [0.05, 0.1) is 11.6 Å². The monoisotopic (exact) mass is 263 g/mol. The fourth-order valence-electron chi connectivity index (χ4n) is 1.63. The zero-order valence-corrected chi connectivity index (χ0v) is 10.8. The zero-order valence-electron chi connectivity index (χ0n) is 10.1. The van der Waals surface area contributed by atoms with Crippen molar-refractivity contribution in [3.63, 3.8) is 0 Å². The molecular formula is C14H14ClNO2. The summed E-state index contributed by atoms with van der Waals surface area (Å²) in [6.07, 6.45) is 0. The highest BCUT2D eigenvalue weighted by Gasteiger charge is 2.05. The molecule has 2 rings (SSSR count). The molecule has 0 aliphatic rings. The van der Waals surface area contributed by atoms with Crippen molar-refractivity contribution >= 4 is 11.6 Å². The molecule has 0 fully saturated rings. The standard InChI is InChI=1S/C14H14ClNO2/c1-10-5-6-14(13(8-15)16-10)18-9-11-3-2-4-12(17)7-11/h2-7,17H,8-9H2,1H3. The highest BCUT2D eigenvalue weighted by molar-refractivity contribution is 6.17. The van der Waals surface area contributed by atoms with Gasteiger partial charge in [-0.15, -0.1) is 11.6 Å². The molecule has 0 unspecified atom stereocenters. The first-order valence-electron chi connectivity index (χ1n) is 5.62. The van der Waals surface area contributed by atoms with Crippen LogP contribution >= 0.6 is 11.6 Å². The Balaban J connectivity index is 2.10. The minimum atomic E-state index is 0.232. The van der Waals surface area contributed by atoms with E-state index in [2.05, 4.69) is 4.98 Å². The van der Waals surface area contributed by atoms with Crippen molar-refractivity contribution in [3.8, 4) is 11.5 Å². The number of aryl methyl sites for hydroxylation is 1. The van der Waals surface area contributed by atoms with Crippen LogP contribution in [-0.4, -0.2) is 10.1 Å². The maximum Gasteiger partial charge on any atom is 0.142 e. The summed E-state index contributed by atoms with van der Waals surface area (Å²) in [4.78, 5) is 4.32. The van der Waals surface area contributed by atoms with Gasteiger partial charge in [-0.1, -0.05) is 12.1 Å². The van der Waals surface area contributed by atoms with Crippen LogP contribution in [0.2, 0.25) is 0 Å². The number of aromatic hydroxyl groups is 1. The van der Waals surface area contributed by atoms with Crippen LogP contribution in [-0.2, 0) is 12.5 Å². The number of nitrogens with zero attached hydrogens (tertiary/aromatic N) is 1. The van der Waals surface area contributed by atoms with Crippen molar-refractivity contribution in [1.82, 2.24) is 4.98 Å². The third kappa shape index (κ3) is 3.14. The van der Waals surface area contributed by atoms with Crippen LogP contribution in [0.4, 0.5) is 0 Å². The van der Waals surface area contributed by atoms with Gasteiger partial charge in [0.15, 0.2) is 0 Å². The molecule has 94 valence electrons. The predicted molar refractivity (Wildman–Crippen MR) is 71.0 cm³/mol. The Labute approximate surface area is 111 Å². The van der Waals surface area contributed by atoms with Crippen molar-refractivity contribution < 1.29 is 9.84 Å². The second-order valence-electron chi connectivity index (χ2n) is 3.99. The summed E-state index contributed by atoms with van der Waals surface area (Å²) in [5, 5.41) is 9.36. The summed E-state index contributed by atoms with van der Waals surface area (Å²) in [6.45, 7) is 2.29. The second-order valence-corrected chi connectivity index (χ2v) is 4.26. The first-order chi connectivity index (χ1) is 8.69. The molecule has 0 saturated carbocycles. The van der Waals surface area contributed by atoms with Crippen molar-refractivity contribution in [1.29, 1.82) is 0 Å². The van der Waals surface area contributed by atoms with Crippen LogP contribution in [0.25, 0.3) is 0 Å². The van der Waals surface area contributed by atoms with Gasteiger partial charge in [0.25, 0.3) is 0 Å². The number of benzene rings is 1. The van der Waals surface area contributed by atoms with E-state index in [0.29, 0.717) is 18.2 Å². The van der Waals surface area contributed by atoms with Gasteiger partial charge in [-0.25, -0.2) is 0 Å². The average Bonchev–Trinajstić information content (AvgIpc) is 2.37. The maximum atomic E-state index is 9.36. The number of alkyl halides is 1. The number of aromatic nitrogens is 1. The molecular weight excluding hydrogens is 250 g/mol. The highest BCUT2D eigenvalue weighted by Crippen LogP contribution is 2.21. The number of pyridine rings is 1. The van der Waals surface area contributed by atoms with E-state index in [4.69, 9.17) is 16.3 Å². The lowest BCUT2D eigenvalue weighted by molar-refractivity contribution is 0.301. The van der Waals surface area contributed by atoms with Crippen LogP contribution in [0.15, 0.2) is 36.4 Å². The molecule has 0 bridgehead atoms. The predicted octanol–water partition coefficient (Wildman–Crippen LogP) is 3.41. The minimum Gasteiger partial charge on any atom is -0.508 e. The van der Waals surface area contributed by atoms with E-state index in [-0.39, 0.29) is 5.75 Å². The number of phenols is 1. The summed E-state index contributed by atoms with van der Waals surface area (Å²) < 4.78 is 5.67. The van der Waals surface area contributed by atoms with Gasteiger partial charge in [0, 0.05) is 5.69 Å². The van der Waals surface area contributed by atoms with Crippen LogP contribution in [0.5, 0.6) is 11.5 Å². The molecule has 2 aromatic rings. The molecule has 18 heavy (non-hydrogen) atoms. The Bertz CT molecular complexity index is 543. The molecule has 3 nitrogen and oxygen atoms in total. The lowest BCUT2D eigenvalue weighted by Gasteiger charge is -2.10. The van der Waals surface area contributed by atoms with Gasteiger partial charge in [-0.2, -0.15) is 0 Å². The lowest BCUT2D eigenvalue weighted by Crippen LogP contribution is -2.00. The molecule has 0 atom stereocenters. The number of ether oxygens (including phenoxy) is 1. The number of hydrogen-bond acceptors (Lipinski definition) is 3. The Hall–Kier alpha value is -1.74. The van der Waals surface area contributed by atoms with Crippen molar-refractivity contribution in [2.24, 2.45) is 0 Å². The average molecular weight is 264 g/mol. The van der Waals surface area contributed by atoms with E-state index in [9.17, 15) is 5.11 Å². The zero-order chi connectivity index (χ0) is 13.0. The second kappa shape index (κ2) is 5.74. The molecule has 1 heterocycles. The Kier molecular flexibility index (Phi) is 4.05. The van der Waals surface area contributed by atoms with Crippen molar-refractivity contribution in [2.75, 3.05) is 0 Å². The fraction of sp³-hybridized carbons (Fsp3) is 0.214. The minimum absolute atomic E-state index is 0.232. The summed E-state index contributed by atoms with van der Waals surface area (Å²) in [6, 6.07) is 10.7. The molecule has 0 radical (unpaired) electrons. The van der Waals surface area contributed by atoms with Gasteiger partial charge in [0.1, 0.15) is 18.1 Å². The molecule has 1 aromatic carbocycles. The first kappa shape index (κ1) is 12.7. The molecule has 0 aliphatic heterocycles. The number of rotatable bonds is 4. The van der Waals surface area contributed by atoms with Gasteiger partial charge >= 0.3 is 0 Å². The van der Waals surface area contributed by atoms with Gasteiger partial charge < -0.3 is 9.84 Å². The molecule has 0 spiro atoms. The quantitative estimate of drug-likeness (QED) is 0.860. The van der Waals surface area contributed by atoms with Gasteiger partial charge in [-0.3, -0.25) is 4.98 Å². The van der Waals surface area contributed by atoms with E-state index in [0.717, 1.165) is 17.0 Å². The first-order valence-corrected chi connectivity index (χ1v) is 6.15. The maximum absolute atomic E-state index is 9.36. The molecule has 0 saturated heterocycles. The largest absolute Gasteiger partial charge is 0.508 e. The summed E-state index contributed by atoms with van der Waals surface area (Å²) >= 11 is 5.83. The van der Waals surface area contributed by atoms with Crippen LogP contribution < -0.4 is 4.74 Å². The molecule has 4 heteroatoms. The summed E-state index contributed by atoms with van der Waals surface area (Å²) in [5.74, 6) is 1.23. The molecule has 0 aliphatic carbocycles. The van der Waals surface area contributed by atoms with Crippen molar-refractivity contribution in [3.05, 3.63) is 53.3 Å². The summed E-state index contributed by atoms with van der Waals surface area (Å²) in [5.41, 5.74) is 2.54. The topological polar surface area (TPSA) is 42.4 Å². The van der Waals surface area contributed by atoms with Crippen molar-refractivity contribution in [2.45, 2.75) is 19.4 Å². The fourth-order valence-corrected chi connectivity index (χ4v) is 1.82. The molecule has 1 N–H and O–H groups in total. The molecule has 1 aromatic heterocycles. The van der Waals surface area contributed by atoms with E-state index in [1.807, 2.05) is 25.1 Å². The smallest absolute Gasteiger partial charge is 0.142 e. The SMILES string of the molecule is Cc1ccc(OCc2cccc(O)c2)c(CCl)n1. The number of halogens is 1. The summed E-state index contributed by atoms with van der Waals surface area (Å²) in [7, 11) is 0. The van der Waals surface area contributed by atoms with Crippen LogP contribution in [0, 0.1) is 6.92 Å². The van der Waals surface area contributed by atoms with E-state index >= 15 is 0 Å². The molecule has 0 amide bonds. The van der Waals surface area contributed by atoms with Gasteiger partial charge in [0.2, 0.25) is 0 Å². The Morgan fingerprint density at radius 2 is 2.11 bits per heavy atom. The normalized spacial score (nSPS) is 10.3. The van der Waals surface area contributed by atoms with E-state index < -0.39 is 0 Å².